The summed E-state index contributed by atoms with van der Waals surface area (Å²) in [5, 5.41) is 0. The third kappa shape index (κ3) is 4.64. The molecule has 1 nitrogen and oxygen atoms in total. The van der Waals surface area contributed by atoms with Crippen LogP contribution in [0.2, 0.25) is 19.6 Å². The lowest BCUT2D eigenvalue weighted by molar-refractivity contribution is 0.625. The van der Waals surface area contributed by atoms with Gasteiger partial charge in [-0.3, -0.25) is 0 Å². The van der Waals surface area contributed by atoms with E-state index in [0.717, 1.165) is 0 Å². The normalized spacial score (nSPS) is 11.8. The van der Waals surface area contributed by atoms with Gasteiger partial charge in [-0.1, -0.05) is 37.7 Å². The Morgan fingerprint density at radius 3 is 2.18 bits per heavy atom. The van der Waals surface area contributed by atoms with E-state index in [0.29, 0.717) is 17.0 Å². The van der Waals surface area contributed by atoms with Crippen LogP contribution in [0.1, 0.15) is 5.56 Å². The molecule has 0 bridgehead atoms. The van der Waals surface area contributed by atoms with Gasteiger partial charge in [0, 0.05) is 5.56 Å². The number of rotatable bonds is 2. The van der Waals surface area contributed by atoms with Gasteiger partial charge in [0.1, 0.15) is 25.4 Å². The molecule has 0 aliphatic heterocycles. The first-order chi connectivity index (χ1) is 10.3. The van der Waals surface area contributed by atoms with Crippen LogP contribution in [0.25, 0.3) is 0 Å². The minimum Gasteiger partial charge on any atom is -0.239 e. The largest absolute Gasteiger partial charge is 0.239 e. The third-order valence-corrected chi connectivity index (χ3v) is 3.63. The Hall–Kier alpha value is -2.25. The SMILES string of the molecule is C[Si](C)(C)C#CC(=Nc1ccc(F)cc1)c1ccccc1F. The molecular formula is C18H17F2NSi. The second kappa shape index (κ2) is 6.67. The van der Waals surface area contributed by atoms with Crippen molar-refractivity contribution in [1.82, 2.24) is 0 Å². The van der Waals surface area contributed by atoms with Gasteiger partial charge in [-0.05, 0) is 36.4 Å². The summed E-state index contributed by atoms with van der Waals surface area (Å²) in [5.74, 6) is 2.31. The number of benzene rings is 2. The molecule has 0 aromatic heterocycles. The van der Waals surface area contributed by atoms with Crippen LogP contribution in [0.3, 0.4) is 0 Å². The van der Waals surface area contributed by atoms with E-state index in [4.69, 9.17) is 0 Å². The quantitative estimate of drug-likeness (QED) is 0.422. The molecule has 2 aromatic carbocycles. The van der Waals surface area contributed by atoms with Crippen LogP contribution in [0.15, 0.2) is 53.5 Å². The number of nitrogens with zero attached hydrogens (tertiary/aromatic N) is 1. The van der Waals surface area contributed by atoms with Gasteiger partial charge in [-0.15, -0.1) is 5.54 Å². The summed E-state index contributed by atoms with van der Waals surface area (Å²) >= 11 is 0. The first-order valence-corrected chi connectivity index (χ1v) is 10.5. The zero-order valence-corrected chi connectivity index (χ0v) is 13.8. The summed E-state index contributed by atoms with van der Waals surface area (Å²) in [4.78, 5) is 4.39. The Morgan fingerprint density at radius 2 is 1.59 bits per heavy atom. The highest BCUT2D eigenvalue weighted by Crippen LogP contribution is 2.16. The van der Waals surface area contributed by atoms with Crippen molar-refractivity contribution in [3.63, 3.8) is 0 Å². The molecule has 22 heavy (non-hydrogen) atoms. The molecule has 0 heterocycles. The lowest BCUT2D eigenvalue weighted by Crippen LogP contribution is -2.17. The van der Waals surface area contributed by atoms with Gasteiger partial charge in [0.25, 0.3) is 0 Å². The van der Waals surface area contributed by atoms with Crippen molar-refractivity contribution in [2.45, 2.75) is 19.6 Å². The maximum atomic E-state index is 14.0. The molecule has 0 saturated carbocycles. The highest BCUT2D eigenvalue weighted by atomic mass is 28.3. The minimum atomic E-state index is -1.62. The van der Waals surface area contributed by atoms with E-state index in [2.05, 4.69) is 36.1 Å². The van der Waals surface area contributed by atoms with Gasteiger partial charge < -0.3 is 0 Å². The van der Waals surface area contributed by atoms with Crippen LogP contribution in [-0.2, 0) is 0 Å². The molecule has 112 valence electrons. The molecule has 2 aromatic rings. The van der Waals surface area contributed by atoms with Crippen LogP contribution in [0, 0.1) is 23.1 Å². The second-order valence-corrected chi connectivity index (χ2v) is 10.7. The van der Waals surface area contributed by atoms with Crippen molar-refractivity contribution in [3.8, 4) is 11.5 Å². The lowest BCUT2D eigenvalue weighted by Gasteiger charge is -2.06. The average molecular weight is 313 g/mol. The maximum absolute atomic E-state index is 14.0. The summed E-state index contributed by atoms with van der Waals surface area (Å²) in [6.45, 7) is 6.32. The Balaban J connectivity index is 2.52. The van der Waals surface area contributed by atoms with E-state index >= 15 is 0 Å². The van der Waals surface area contributed by atoms with Crippen molar-refractivity contribution < 1.29 is 8.78 Å². The number of hydrogen-bond donors (Lipinski definition) is 0. The van der Waals surface area contributed by atoms with E-state index < -0.39 is 8.07 Å². The number of halogens is 2. The van der Waals surface area contributed by atoms with Crippen LogP contribution >= 0.6 is 0 Å². The van der Waals surface area contributed by atoms with E-state index in [1.54, 1.807) is 30.3 Å². The van der Waals surface area contributed by atoms with Crippen molar-refractivity contribution >= 4 is 19.5 Å². The molecule has 0 amide bonds. The smallest absolute Gasteiger partial charge is 0.133 e. The second-order valence-electron chi connectivity index (χ2n) is 5.92. The van der Waals surface area contributed by atoms with Gasteiger partial charge >= 0.3 is 0 Å². The average Bonchev–Trinajstić information content (AvgIpc) is 2.45. The fourth-order valence-electron chi connectivity index (χ4n) is 1.70. The summed E-state index contributed by atoms with van der Waals surface area (Å²) in [7, 11) is -1.62. The molecule has 4 heteroatoms. The van der Waals surface area contributed by atoms with Gasteiger partial charge in [0.2, 0.25) is 0 Å². The van der Waals surface area contributed by atoms with Crippen molar-refractivity contribution in [1.29, 1.82) is 0 Å². The maximum Gasteiger partial charge on any atom is 0.133 e. The van der Waals surface area contributed by atoms with Crippen LogP contribution in [0.5, 0.6) is 0 Å². The molecule has 2 rings (SSSR count). The van der Waals surface area contributed by atoms with E-state index in [1.165, 1.54) is 18.2 Å². The van der Waals surface area contributed by atoms with Crippen LogP contribution < -0.4 is 0 Å². The molecule has 0 radical (unpaired) electrons. The molecule has 0 aliphatic carbocycles. The monoisotopic (exact) mass is 313 g/mol. The summed E-state index contributed by atoms with van der Waals surface area (Å²) in [6, 6.07) is 12.1. The van der Waals surface area contributed by atoms with Crippen molar-refractivity contribution in [3.05, 3.63) is 65.7 Å². The fourth-order valence-corrected chi connectivity index (χ4v) is 2.19. The topological polar surface area (TPSA) is 12.4 Å². The zero-order chi connectivity index (χ0) is 16.2. The van der Waals surface area contributed by atoms with Crippen LogP contribution in [-0.4, -0.2) is 13.8 Å². The predicted octanol–water partition coefficient (Wildman–Crippen LogP) is 4.97. The lowest BCUT2D eigenvalue weighted by atomic mass is 10.1. The van der Waals surface area contributed by atoms with Crippen molar-refractivity contribution in [2.24, 2.45) is 4.99 Å². The summed E-state index contributed by atoms with van der Waals surface area (Å²) in [6.07, 6.45) is 0. The van der Waals surface area contributed by atoms with Gasteiger partial charge in [0.05, 0.1) is 5.69 Å². The first kappa shape index (κ1) is 16.1. The Kier molecular flexibility index (Phi) is 4.89. The van der Waals surface area contributed by atoms with Crippen LogP contribution in [0.4, 0.5) is 14.5 Å². The van der Waals surface area contributed by atoms with Gasteiger partial charge in [0.15, 0.2) is 0 Å². The van der Waals surface area contributed by atoms with E-state index in [-0.39, 0.29) is 11.6 Å². The number of aliphatic imine (C=N–C) groups is 1. The molecule has 0 fully saturated rings. The van der Waals surface area contributed by atoms with E-state index in [1.807, 2.05) is 0 Å². The number of hydrogen-bond acceptors (Lipinski definition) is 1. The molecule has 0 saturated heterocycles. The highest BCUT2D eigenvalue weighted by molar-refractivity contribution is 6.84. The molecule has 0 N–H and O–H groups in total. The predicted molar refractivity (Wildman–Crippen MR) is 90.1 cm³/mol. The Labute approximate surface area is 130 Å². The minimum absolute atomic E-state index is 0.334. The van der Waals surface area contributed by atoms with Gasteiger partial charge in [-0.25, -0.2) is 13.8 Å². The third-order valence-electron chi connectivity index (χ3n) is 2.75. The Bertz CT molecular complexity index is 747. The summed E-state index contributed by atoms with van der Waals surface area (Å²) in [5.41, 5.74) is 4.47. The molecular weight excluding hydrogens is 296 g/mol. The fraction of sp³-hybridized carbons (Fsp3) is 0.167. The standard InChI is InChI=1S/C18H17F2NSi/c1-22(2,3)13-12-18(16-6-4-5-7-17(16)20)21-15-10-8-14(19)9-11-15/h4-11H,1-3H3. The molecule has 0 unspecified atom stereocenters. The summed E-state index contributed by atoms with van der Waals surface area (Å²) < 4.78 is 27.0. The van der Waals surface area contributed by atoms with Gasteiger partial charge in [-0.2, -0.15) is 0 Å². The Morgan fingerprint density at radius 1 is 0.955 bits per heavy atom. The molecule has 0 atom stereocenters. The highest BCUT2D eigenvalue weighted by Gasteiger charge is 2.11. The first-order valence-electron chi connectivity index (χ1n) is 6.97. The molecule has 0 aliphatic rings. The molecule has 0 spiro atoms. The zero-order valence-electron chi connectivity index (χ0n) is 12.8. The van der Waals surface area contributed by atoms with Crippen molar-refractivity contribution in [2.75, 3.05) is 0 Å². The van der Waals surface area contributed by atoms with E-state index in [9.17, 15) is 8.78 Å².